The molecule has 8 heteroatoms. The van der Waals surface area contributed by atoms with E-state index in [1.807, 2.05) is 38.1 Å². The number of halogens is 2. The Hall–Kier alpha value is -3.16. The summed E-state index contributed by atoms with van der Waals surface area (Å²) in [5, 5.41) is 0. The number of nitrogens with zero attached hydrogens (tertiary/aromatic N) is 1. The van der Waals surface area contributed by atoms with Gasteiger partial charge in [0.2, 0.25) is 0 Å². The minimum absolute atomic E-state index is 0.00520. The lowest BCUT2D eigenvalue weighted by Crippen LogP contribution is -2.55. The van der Waals surface area contributed by atoms with Crippen molar-refractivity contribution in [2.45, 2.75) is 102 Å². The summed E-state index contributed by atoms with van der Waals surface area (Å²) < 4.78 is 48.4. The van der Waals surface area contributed by atoms with E-state index in [0.29, 0.717) is 35.2 Å². The van der Waals surface area contributed by atoms with Crippen molar-refractivity contribution < 1.29 is 32.6 Å². The van der Waals surface area contributed by atoms with Crippen LogP contribution < -0.4 is 9.47 Å². The van der Waals surface area contributed by atoms with Crippen LogP contribution in [0.4, 0.5) is 13.6 Å². The Bertz CT molecular complexity index is 1330. The first-order valence-electron chi connectivity index (χ1n) is 15.6. The first kappa shape index (κ1) is 31.3. The smallest absolute Gasteiger partial charge is 0.417 e. The van der Waals surface area contributed by atoms with Crippen molar-refractivity contribution in [3.05, 3.63) is 59.4 Å². The molecule has 0 bridgehead atoms. The van der Waals surface area contributed by atoms with Gasteiger partial charge in [0, 0.05) is 5.92 Å². The fraction of sp³-hybridized carbons (Fsp3) is 0.600. The van der Waals surface area contributed by atoms with Gasteiger partial charge in [-0.1, -0.05) is 26.0 Å². The average Bonchev–Trinajstić information content (AvgIpc) is 3.75. The molecule has 0 unspecified atom stereocenters. The third-order valence-corrected chi connectivity index (χ3v) is 9.68. The molecule has 3 fully saturated rings. The molecule has 2 aliphatic carbocycles. The van der Waals surface area contributed by atoms with E-state index in [0.717, 1.165) is 43.4 Å². The van der Waals surface area contributed by atoms with Crippen molar-refractivity contribution in [2.75, 3.05) is 13.7 Å². The zero-order valence-electron chi connectivity index (χ0n) is 26.2. The Labute approximate surface area is 254 Å². The Balaban J connectivity index is 1.26. The van der Waals surface area contributed by atoms with E-state index in [4.69, 9.17) is 14.2 Å². The van der Waals surface area contributed by atoms with Crippen molar-refractivity contribution in [1.82, 2.24) is 4.90 Å². The maximum atomic E-state index is 16.8. The Kier molecular flexibility index (Phi) is 8.79. The number of ether oxygens (including phenoxy) is 3. The van der Waals surface area contributed by atoms with Gasteiger partial charge in [-0.15, -0.1) is 0 Å². The zero-order valence-corrected chi connectivity index (χ0v) is 26.2. The second-order valence-electron chi connectivity index (χ2n) is 13.7. The summed E-state index contributed by atoms with van der Waals surface area (Å²) in [6, 6.07) is 11.8. The minimum Gasteiger partial charge on any atom is -0.497 e. The molecule has 0 N–H and O–H groups in total. The predicted molar refractivity (Wildman–Crippen MR) is 161 cm³/mol. The molecule has 1 heterocycles. The van der Waals surface area contributed by atoms with Crippen LogP contribution >= 0.6 is 0 Å². The molecule has 3 atom stereocenters. The molecule has 0 spiro atoms. The van der Waals surface area contributed by atoms with Crippen LogP contribution in [0.25, 0.3) is 0 Å². The molecule has 2 saturated carbocycles. The third kappa shape index (κ3) is 6.39. The number of alkyl halides is 1. The van der Waals surface area contributed by atoms with Gasteiger partial charge in [0.05, 0.1) is 19.8 Å². The van der Waals surface area contributed by atoms with Gasteiger partial charge in [0.15, 0.2) is 5.67 Å². The largest absolute Gasteiger partial charge is 0.497 e. The number of amides is 2. The lowest BCUT2D eigenvalue weighted by molar-refractivity contribution is -0.144. The minimum atomic E-state index is -2.31. The van der Waals surface area contributed by atoms with Crippen LogP contribution in [-0.2, 0) is 9.53 Å². The fourth-order valence-electron chi connectivity index (χ4n) is 7.51. The third-order valence-electron chi connectivity index (χ3n) is 9.68. The van der Waals surface area contributed by atoms with Crippen LogP contribution in [0.3, 0.4) is 0 Å². The van der Waals surface area contributed by atoms with Gasteiger partial charge in [-0.2, -0.15) is 0 Å². The zero-order chi connectivity index (χ0) is 31.1. The normalized spacial score (nSPS) is 25.7. The van der Waals surface area contributed by atoms with Crippen LogP contribution in [0.2, 0.25) is 0 Å². The molecule has 2 amide bonds. The number of imide groups is 1. The van der Waals surface area contributed by atoms with E-state index in [-0.39, 0.29) is 23.6 Å². The summed E-state index contributed by atoms with van der Waals surface area (Å²) in [5.41, 5.74) is -1.79. The highest BCUT2D eigenvalue weighted by molar-refractivity contribution is 5.99. The van der Waals surface area contributed by atoms with Crippen molar-refractivity contribution in [2.24, 2.45) is 17.8 Å². The SMILES string of the molecule is COc1ccc(F)c([C@H]2CC[C@H](COc3cccc([C@H](C4CC4)[C@@](C)(F)C(=O)N4C(=O)OC(C)(C)[C@@H]4C(C)C)c3)CC2)c1. The summed E-state index contributed by atoms with van der Waals surface area (Å²) in [6.07, 6.45) is 4.44. The van der Waals surface area contributed by atoms with E-state index in [1.54, 1.807) is 33.1 Å². The molecule has 1 aliphatic heterocycles. The highest BCUT2D eigenvalue weighted by Crippen LogP contribution is 2.51. The number of methoxy groups -OCH3 is 1. The van der Waals surface area contributed by atoms with Crippen LogP contribution in [0, 0.1) is 23.6 Å². The van der Waals surface area contributed by atoms with E-state index >= 15 is 4.39 Å². The predicted octanol–water partition coefficient (Wildman–Crippen LogP) is 8.19. The van der Waals surface area contributed by atoms with Crippen LogP contribution in [0.1, 0.15) is 96.1 Å². The molecule has 234 valence electrons. The maximum absolute atomic E-state index is 16.8. The van der Waals surface area contributed by atoms with Gasteiger partial charge in [-0.3, -0.25) is 4.79 Å². The van der Waals surface area contributed by atoms with Gasteiger partial charge in [0.25, 0.3) is 5.91 Å². The Morgan fingerprint density at radius 1 is 1.07 bits per heavy atom. The van der Waals surface area contributed by atoms with Gasteiger partial charge in [-0.25, -0.2) is 18.5 Å². The van der Waals surface area contributed by atoms with Crippen LogP contribution in [0.15, 0.2) is 42.5 Å². The molecule has 2 aromatic rings. The first-order chi connectivity index (χ1) is 20.3. The molecule has 0 aromatic heterocycles. The van der Waals surface area contributed by atoms with Crippen molar-refractivity contribution >= 4 is 12.0 Å². The lowest BCUT2D eigenvalue weighted by Gasteiger charge is -2.36. The summed E-state index contributed by atoms with van der Waals surface area (Å²) in [5.74, 6) is -0.0370. The van der Waals surface area contributed by atoms with E-state index < -0.39 is 35.2 Å². The van der Waals surface area contributed by atoms with Crippen LogP contribution in [-0.4, -0.2) is 47.9 Å². The Morgan fingerprint density at radius 2 is 1.77 bits per heavy atom. The number of hydrogen-bond donors (Lipinski definition) is 0. The van der Waals surface area contributed by atoms with Crippen molar-refractivity contribution in [1.29, 1.82) is 0 Å². The molecule has 6 nitrogen and oxygen atoms in total. The average molecular weight is 598 g/mol. The summed E-state index contributed by atoms with van der Waals surface area (Å²) in [7, 11) is 1.59. The highest BCUT2D eigenvalue weighted by Gasteiger charge is 2.59. The standard InChI is InChI=1S/C35H45F2NO5/c1-21(2)31-34(3,4)43-33(40)38(31)32(39)35(5,37)30(24-14-15-24)25-8-7-9-27(18-25)42-20-22-10-12-23(13-11-22)28-19-26(41-6)16-17-29(28)36/h7-9,16-19,21-24,30-31H,10-15,20H2,1-6H3/t22-,23-,30-,31-,35+/m0/s1. The number of carbonyl (C=O) groups is 2. The summed E-state index contributed by atoms with van der Waals surface area (Å²) >= 11 is 0. The second kappa shape index (κ2) is 12.1. The Morgan fingerprint density at radius 3 is 2.40 bits per heavy atom. The lowest BCUT2D eigenvalue weighted by atomic mass is 9.78. The van der Waals surface area contributed by atoms with Crippen molar-refractivity contribution in [3.8, 4) is 11.5 Å². The van der Waals surface area contributed by atoms with Gasteiger partial charge in [-0.05, 0) is 124 Å². The number of hydrogen-bond acceptors (Lipinski definition) is 5. The molecule has 3 aliphatic rings. The molecule has 0 radical (unpaired) electrons. The molecular formula is C35H45F2NO5. The summed E-state index contributed by atoms with van der Waals surface area (Å²) in [4.78, 5) is 27.7. The molecule has 2 aromatic carbocycles. The first-order valence-corrected chi connectivity index (χ1v) is 15.6. The number of rotatable bonds is 10. The maximum Gasteiger partial charge on any atom is 0.417 e. The van der Waals surface area contributed by atoms with Gasteiger partial charge in [0.1, 0.15) is 22.9 Å². The quantitative estimate of drug-likeness (QED) is 0.276. The van der Waals surface area contributed by atoms with E-state index in [9.17, 15) is 14.0 Å². The topological polar surface area (TPSA) is 65.1 Å². The van der Waals surface area contributed by atoms with Gasteiger partial charge >= 0.3 is 6.09 Å². The molecule has 1 saturated heterocycles. The monoisotopic (exact) mass is 597 g/mol. The highest BCUT2D eigenvalue weighted by atomic mass is 19.1. The molecular weight excluding hydrogens is 552 g/mol. The molecule has 5 rings (SSSR count). The fourth-order valence-corrected chi connectivity index (χ4v) is 7.51. The van der Waals surface area contributed by atoms with E-state index in [2.05, 4.69) is 0 Å². The number of cyclic esters (lactones) is 1. The molecule has 43 heavy (non-hydrogen) atoms. The van der Waals surface area contributed by atoms with Gasteiger partial charge < -0.3 is 14.2 Å². The summed E-state index contributed by atoms with van der Waals surface area (Å²) in [6.45, 7) is 9.18. The number of carbonyl (C=O) groups excluding carboxylic acids is 2. The van der Waals surface area contributed by atoms with Crippen LogP contribution in [0.5, 0.6) is 11.5 Å². The van der Waals surface area contributed by atoms with Crippen molar-refractivity contribution in [3.63, 3.8) is 0 Å². The van der Waals surface area contributed by atoms with E-state index in [1.165, 1.54) is 13.0 Å². The number of benzene rings is 2. The second-order valence-corrected chi connectivity index (χ2v) is 13.7.